The first-order chi connectivity index (χ1) is 6.70. The summed E-state index contributed by atoms with van der Waals surface area (Å²) in [5.74, 6) is 0.0989. The highest BCUT2D eigenvalue weighted by Crippen LogP contribution is 1.91. The molecule has 0 aromatic rings. The minimum atomic E-state index is -2.95. The average Bonchev–Trinajstić information content (AvgIpc) is 1.96. The Kier molecular flexibility index (Phi) is 6.35. The molecule has 2 atom stereocenters. The van der Waals surface area contributed by atoms with Gasteiger partial charge < -0.3 is 15.3 Å². The lowest BCUT2D eigenvalue weighted by molar-refractivity contribution is 0.133. The first-order valence-electron chi connectivity index (χ1n) is 4.94. The first kappa shape index (κ1) is 14.8. The van der Waals surface area contributed by atoms with E-state index in [9.17, 15) is 13.5 Å². The van der Waals surface area contributed by atoms with Crippen molar-refractivity contribution in [3.63, 3.8) is 0 Å². The van der Waals surface area contributed by atoms with Crippen LogP contribution in [0.15, 0.2) is 0 Å². The highest BCUT2D eigenvalue weighted by Gasteiger charge is 2.12. The molecular weight excluding hydrogens is 216 g/mol. The van der Waals surface area contributed by atoms with Crippen LogP contribution in [0.3, 0.4) is 0 Å². The molecule has 0 spiro atoms. The largest absolute Gasteiger partial charge is 0.390 e. The van der Waals surface area contributed by atoms with E-state index in [1.807, 2.05) is 19.0 Å². The van der Waals surface area contributed by atoms with Crippen molar-refractivity contribution in [1.29, 1.82) is 0 Å². The Morgan fingerprint density at radius 2 is 1.93 bits per heavy atom. The van der Waals surface area contributed by atoms with Gasteiger partial charge in [-0.15, -0.1) is 0 Å². The molecule has 2 N–H and O–H groups in total. The normalized spacial score (nSPS) is 16.7. The van der Waals surface area contributed by atoms with Crippen LogP contribution < -0.4 is 5.32 Å². The predicted octanol–water partition coefficient (Wildman–Crippen LogP) is -1.07. The summed E-state index contributed by atoms with van der Waals surface area (Å²) in [5, 5.41) is 12.5. The van der Waals surface area contributed by atoms with E-state index >= 15 is 0 Å². The molecule has 6 heteroatoms. The Hall–Kier alpha value is -0.170. The van der Waals surface area contributed by atoms with Gasteiger partial charge in [0.25, 0.3) is 0 Å². The van der Waals surface area contributed by atoms with Crippen molar-refractivity contribution in [3.05, 3.63) is 0 Å². The molecule has 0 aliphatic heterocycles. The van der Waals surface area contributed by atoms with Gasteiger partial charge in [-0.3, -0.25) is 0 Å². The zero-order valence-corrected chi connectivity index (χ0v) is 10.7. The number of nitrogens with one attached hydrogen (secondary N) is 1. The quantitative estimate of drug-likeness (QED) is 0.591. The molecule has 0 rings (SSSR count). The fraction of sp³-hybridized carbons (Fsp3) is 1.00. The topological polar surface area (TPSA) is 69.6 Å². The maximum Gasteiger partial charge on any atom is 0.148 e. The summed E-state index contributed by atoms with van der Waals surface area (Å²) >= 11 is 0. The Morgan fingerprint density at radius 3 is 2.33 bits per heavy atom. The highest BCUT2D eigenvalue weighted by atomic mass is 32.2. The van der Waals surface area contributed by atoms with Gasteiger partial charge in [0.15, 0.2) is 0 Å². The van der Waals surface area contributed by atoms with Crippen molar-refractivity contribution in [2.45, 2.75) is 19.1 Å². The van der Waals surface area contributed by atoms with E-state index in [2.05, 4.69) is 5.32 Å². The minimum absolute atomic E-state index is 0.0989. The lowest BCUT2D eigenvalue weighted by Gasteiger charge is -2.19. The second-order valence-corrected chi connectivity index (χ2v) is 6.50. The Balaban J connectivity index is 3.76. The molecule has 0 amide bonds. The summed E-state index contributed by atoms with van der Waals surface area (Å²) in [4.78, 5) is 1.88. The van der Waals surface area contributed by atoms with Crippen LogP contribution in [0.4, 0.5) is 0 Å². The minimum Gasteiger partial charge on any atom is -0.390 e. The van der Waals surface area contributed by atoms with Crippen LogP contribution in [0.2, 0.25) is 0 Å². The third kappa shape index (κ3) is 10.1. The van der Waals surface area contributed by atoms with E-state index < -0.39 is 15.9 Å². The van der Waals surface area contributed by atoms with Gasteiger partial charge in [0.2, 0.25) is 0 Å². The number of rotatable bonds is 7. The molecule has 0 saturated carbocycles. The van der Waals surface area contributed by atoms with Crippen LogP contribution in [-0.2, 0) is 9.84 Å². The summed E-state index contributed by atoms with van der Waals surface area (Å²) in [7, 11) is 0.807. The van der Waals surface area contributed by atoms with Crippen molar-refractivity contribution < 1.29 is 13.5 Å². The number of hydrogen-bond donors (Lipinski definition) is 2. The third-order valence-electron chi connectivity index (χ3n) is 1.83. The molecule has 5 nitrogen and oxygen atoms in total. The van der Waals surface area contributed by atoms with Crippen molar-refractivity contribution in [3.8, 4) is 0 Å². The van der Waals surface area contributed by atoms with E-state index in [1.165, 1.54) is 6.26 Å². The maximum absolute atomic E-state index is 11.0. The number of hydrogen-bond acceptors (Lipinski definition) is 5. The van der Waals surface area contributed by atoms with Crippen LogP contribution in [-0.4, -0.2) is 69.8 Å². The fourth-order valence-electron chi connectivity index (χ4n) is 1.34. The summed E-state index contributed by atoms with van der Waals surface area (Å²) < 4.78 is 21.9. The molecule has 0 heterocycles. The monoisotopic (exact) mass is 238 g/mol. The van der Waals surface area contributed by atoms with E-state index in [1.54, 1.807) is 6.92 Å². The van der Waals surface area contributed by atoms with Crippen LogP contribution >= 0.6 is 0 Å². The van der Waals surface area contributed by atoms with Gasteiger partial charge in [0, 0.05) is 25.4 Å². The average molecular weight is 238 g/mol. The summed E-state index contributed by atoms with van der Waals surface area (Å²) in [6.45, 7) is 2.77. The molecule has 0 bridgehead atoms. The molecule has 0 aromatic carbocycles. The third-order valence-corrected chi connectivity index (χ3v) is 2.94. The molecule has 0 saturated heterocycles. The van der Waals surface area contributed by atoms with Crippen molar-refractivity contribution >= 4 is 9.84 Å². The van der Waals surface area contributed by atoms with Crippen LogP contribution in [0.5, 0.6) is 0 Å². The lowest BCUT2D eigenvalue weighted by atomic mass is 10.3. The van der Waals surface area contributed by atoms with Crippen molar-refractivity contribution in [1.82, 2.24) is 10.2 Å². The van der Waals surface area contributed by atoms with Gasteiger partial charge >= 0.3 is 0 Å². The first-order valence-corrected chi connectivity index (χ1v) is 7.00. The molecule has 0 aliphatic carbocycles. The Morgan fingerprint density at radius 1 is 1.40 bits per heavy atom. The standard InChI is InChI=1S/C9H22N2O3S/c1-8(7-15(4,13)14)10-5-9(12)6-11(2)3/h8-10,12H,5-7H2,1-4H3. The fourth-order valence-corrected chi connectivity index (χ4v) is 2.36. The lowest BCUT2D eigenvalue weighted by Crippen LogP contribution is -2.41. The van der Waals surface area contributed by atoms with Gasteiger partial charge in [0.1, 0.15) is 9.84 Å². The molecule has 15 heavy (non-hydrogen) atoms. The SMILES string of the molecule is CC(CS(C)(=O)=O)NCC(O)CN(C)C. The Labute approximate surface area is 92.4 Å². The molecule has 92 valence electrons. The van der Waals surface area contributed by atoms with Crippen molar-refractivity contribution in [2.75, 3.05) is 39.2 Å². The number of sulfone groups is 1. The molecule has 0 aliphatic rings. The zero-order valence-electron chi connectivity index (χ0n) is 9.90. The molecule has 0 radical (unpaired) electrons. The maximum atomic E-state index is 11.0. The van der Waals surface area contributed by atoms with Crippen LogP contribution in [0.1, 0.15) is 6.92 Å². The molecular formula is C9H22N2O3S. The Bertz CT molecular complexity index is 265. The zero-order chi connectivity index (χ0) is 12.1. The smallest absolute Gasteiger partial charge is 0.148 e. The van der Waals surface area contributed by atoms with E-state index in [0.717, 1.165) is 0 Å². The van der Waals surface area contributed by atoms with E-state index in [-0.39, 0.29) is 11.8 Å². The molecule has 0 fully saturated rings. The molecule has 0 aromatic heterocycles. The van der Waals surface area contributed by atoms with E-state index in [4.69, 9.17) is 0 Å². The van der Waals surface area contributed by atoms with Gasteiger partial charge in [0.05, 0.1) is 11.9 Å². The van der Waals surface area contributed by atoms with E-state index in [0.29, 0.717) is 13.1 Å². The van der Waals surface area contributed by atoms with Gasteiger partial charge in [-0.2, -0.15) is 0 Å². The number of likely N-dealkylation sites (N-methyl/N-ethyl adjacent to an activating group) is 1. The van der Waals surface area contributed by atoms with Crippen molar-refractivity contribution in [2.24, 2.45) is 0 Å². The molecule has 2 unspecified atom stereocenters. The highest BCUT2D eigenvalue weighted by molar-refractivity contribution is 7.90. The second-order valence-electron chi connectivity index (χ2n) is 4.32. The van der Waals surface area contributed by atoms with Crippen LogP contribution in [0, 0.1) is 0 Å². The van der Waals surface area contributed by atoms with Gasteiger partial charge in [-0.1, -0.05) is 0 Å². The predicted molar refractivity (Wildman–Crippen MR) is 61.7 cm³/mol. The summed E-state index contributed by atoms with van der Waals surface area (Å²) in [5.41, 5.74) is 0. The summed E-state index contributed by atoms with van der Waals surface area (Å²) in [6.07, 6.45) is 0.739. The second kappa shape index (κ2) is 6.42. The van der Waals surface area contributed by atoms with Gasteiger partial charge in [-0.25, -0.2) is 8.42 Å². The van der Waals surface area contributed by atoms with Gasteiger partial charge in [-0.05, 0) is 21.0 Å². The number of aliphatic hydroxyl groups excluding tert-OH is 1. The van der Waals surface area contributed by atoms with Crippen LogP contribution in [0.25, 0.3) is 0 Å². The number of nitrogens with zero attached hydrogens (tertiary/aromatic N) is 1. The number of aliphatic hydroxyl groups is 1. The summed E-state index contributed by atoms with van der Waals surface area (Å²) in [6, 6.07) is -0.128.